The third-order valence-corrected chi connectivity index (χ3v) is 3.03. The van der Waals surface area contributed by atoms with E-state index in [1.54, 1.807) is 6.07 Å². The van der Waals surface area contributed by atoms with Crippen molar-refractivity contribution in [3.8, 4) is 0 Å². The minimum absolute atomic E-state index is 0.0833. The van der Waals surface area contributed by atoms with Gasteiger partial charge in [-0.15, -0.1) is 0 Å². The maximum Gasteiger partial charge on any atom is 0.335 e. The van der Waals surface area contributed by atoms with E-state index in [1.165, 1.54) is 42.5 Å². The summed E-state index contributed by atoms with van der Waals surface area (Å²) in [5.41, 5.74) is 4.69. The van der Waals surface area contributed by atoms with Gasteiger partial charge in [-0.05, 0) is 42.5 Å². The largest absolute Gasteiger partial charge is 0.478 e. The Morgan fingerprint density at radius 1 is 0.654 bits per heavy atom. The van der Waals surface area contributed by atoms with E-state index in [4.69, 9.17) is 21.9 Å². The lowest BCUT2D eigenvalue weighted by atomic mass is 10.1. The Kier molecular flexibility index (Phi) is 7.42. The molecule has 8 N–H and O–H groups in total. The smallest absolute Gasteiger partial charge is 0.335 e. The summed E-state index contributed by atoms with van der Waals surface area (Å²) >= 11 is 0. The zero-order chi connectivity index (χ0) is 19.7. The van der Waals surface area contributed by atoms with Crippen LogP contribution in [0.1, 0.15) is 41.4 Å². The number of hydrogen-bond donors (Lipinski definition) is 6. The second kappa shape index (κ2) is 9.52. The Morgan fingerprint density at radius 3 is 1.27 bits per heavy atom. The Hall–Kier alpha value is -3.76. The molecule has 0 heterocycles. The van der Waals surface area contributed by atoms with Gasteiger partial charge in [0.15, 0.2) is 0 Å². The number of hydrazine groups is 2. The molecular formula is C16H16N4O6. The van der Waals surface area contributed by atoms with Crippen LogP contribution < -0.4 is 22.5 Å². The molecule has 0 aliphatic heterocycles. The van der Waals surface area contributed by atoms with E-state index in [-0.39, 0.29) is 11.1 Å². The number of nitrogen functional groups attached to an aromatic ring is 2. The van der Waals surface area contributed by atoms with Gasteiger partial charge < -0.3 is 10.2 Å². The molecule has 0 saturated carbocycles. The number of aromatic carboxylic acids is 2. The lowest BCUT2D eigenvalue weighted by Crippen LogP contribution is -2.32. The zero-order valence-electron chi connectivity index (χ0n) is 13.3. The lowest BCUT2D eigenvalue weighted by Gasteiger charge is -2.02. The summed E-state index contributed by atoms with van der Waals surface area (Å²) < 4.78 is 0. The second-order valence-corrected chi connectivity index (χ2v) is 4.72. The molecule has 2 aromatic rings. The summed E-state index contributed by atoms with van der Waals surface area (Å²) in [6, 6.07) is 11.1. The first-order valence-corrected chi connectivity index (χ1v) is 6.98. The summed E-state index contributed by atoms with van der Waals surface area (Å²) in [6.45, 7) is 0. The van der Waals surface area contributed by atoms with E-state index in [0.717, 1.165) is 0 Å². The van der Waals surface area contributed by atoms with Gasteiger partial charge in [0.2, 0.25) is 0 Å². The molecule has 0 fully saturated rings. The fourth-order valence-corrected chi connectivity index (χ4v) is 1.72. The zero-order valence-corrected chi connectivity index (χ0v) is 13.3. The molecular weight excluding hydrogens is 344 g/mol. The standard InChI is InChI=1S/C8H10N4O2.C8H6O4/c9-11-7(13)5-2-1-3-6(4-5)8(14)12-10;9-7(10)5-1-2-6(4-3-5)8(11)12/h1-4H,9-10H2,(H,11,13)(H,12,14);1-4H,(H,9,10)(H,11,12). The average molecular weight is 360 g/mol. The quantitative estimate of drug-likeness (QED) is 0.249. The van der Waals surface area contributed by atoms with E-state index < -0.39 is 23.8 Å². The highest BCUT2D eigenvalue weighted by molar-refractivity contribution is 5.99. The van der Waals surface area contributed by atoms with E-state index in [1.807, 2.05) is 10.9 Å². The third kappa shape index (κ3) is 5.70. The SMILES string of the molecule is NNC(=O)c1cccc(C(=O)NN)c1.O=C(O)c1ccc(C(=O)O)cc1. The summed E-state index contributed by atoms with van der Waals surface area (Å²) in [4.78, 5) is 42.8. The van der Waals surface area contributed by atoms with Crippen molar-refractivity contribution < 1.29 is 29.4 Å². The van der Waals surface area contributed by atoms with Gasteiger partial charge in [-0.25, -0.2) is 21.3 Å². The first kappa shape index (κ1) is 20.3. The maximum atomic E-state index is 11.1. The second-order valence-electron chi connectivity index (χ2n) is 4.72. The van der Waals surface area contributed by atoms with Crippen LogP contribution in [0.4, 0.5) is 0 Å². The Labute approximate surface area is 147 Å². The fourth-order valence-electron chi connectivity index (χ4n) is 1.72. The Bertz CT molecular complexity index is 755. The maximum absolute atomic E-state index is 11.1. The van der Waals surface area contributed by atoms with Gasteiger partial charge in [-0.2, -0.15) is 0 Å². The van der Waals surface area contributed by atoms with Crippen molar-refractivity contribution in [1.82, 2.24) is 10.9 Å². The summed E-state index contributed by atoms with van der Waals surface area (Å²) in [5, 5.41) is 16.9. The van der Waals surface area contributed by atoms with Crippen LogP contribution in [0.25, 0.3) is 0 Å². The number of carboxylic acids is 2. The summed E-state index contributed by atoms with van der Waals surface area (Å²) in [5.74, 6) is 6.83. The highest BCUT2D eigenvalue weighted by Gasteiger charge is 2.08. The molecule has 136 valence electrons. The first-order valence-electron chi connectivity index (χ1n) is 6.98. The molecule has 0 saturated heterocycles. The number of benzene rings is 2. The van der Waals surface area contributed by atoms with Gasteiger partial charge in [0.1, 0.15) is 0 Å². The lowest BCUT2D eigenvalue weighted by molar-refractivity contribution is 0.0681. The monoisotopic (exact) mass is 360 g/mol. The normalized spacial score (nSPS) is 9.31. The summed E-state index contributed by atoms with van der Waals surface area (Å²) in [7, 11) is 0. The van der Waals surface area contributed by atoms with Crippen LogP contribution in [0.3, 0.4) is 0 Å². The van der Waals surface area contributed by atoms with Crippen molar-refractivity contribution in [3.05, 3.63) is 70.8 Å². The number of nitrogens with one attached hydrogen (secondary N) is 2. The highest BCUT2D eigenvalue weighted by atomic mass is 16.4. The number of carboxylic acid groups (broad SMARTS) is 2. The summed E-state index contributed by atoms with van der Waals surface area (Å²) in [6.07, 6.45) is 0. The number of amides is 2. The van der Waals surface area contributed by atoms with Crippen molar-refractivity contribution in [3.63, 3.8) is 0 Å². The van der Waals surface area contributed by atoms with Crippen LogP contribution in [-0.2, 0) is 0 Å². The number of carbonyl (C=O) groups excluding carboxylic acids is 2. The van der Waals surface area contributed by atoms with Gasteiger partial charge in [0, 0.05) is 11.1 Å². The predicted octanol–water partition coefficient (Wildman–Crippen LogP) is -0.0234. The van der Waals surface area contributed by atoms with E-state index >= 15 is 0 Å². The van der Waals surface area contributed by atoms with Crippen molar-refractivity contribution in [2.75, 3.05) is 0 Å². The van der Waals surface area contributed by atoms with Crippen LogP contribution in [0, 0.1) is 0 Å². The van der Waals surface area contributed by atoms with E-state index in [0.29, 0.717) is 11.1 Å². The van der Waals surface area contributed by atoms with E-state index in [2.05, 4.69) is 0 Å². The minimum Gasteiger partial charge on any atom is -0.478 e. The molecule has 0 bridgehead atoms. The molecule has 2 aromatic carbocycles. The van der Waals surface area contributed by atoms with Crippen LogP contribution >= 0.6 is 0 Å². The third-order valence-electron chi connectivity index (χ3n) is 3.03. The number of rotatable bonds is 4. The molecule has 10 nitrogen and oxygen atoms in total. The van der Waals surface area contributed by atoms with Crippen LogP contribution in [-0.4, -0.2) is 34.0 Å². The molecule has 0 aliphatic carbocycles. The number of hydrogen-bond acceptors (Lipinski definition) is 6. The van der Waals surface area contributed by atoms with E-state index in [9.17, 15) is 19.2 Å². The van der Waals surface area contributed by atoms with Gasteiger partial charge in [0.25, 0.3) is 11.8 Å². The Balaban J connectivity index is 0.000000263. The highest BCUT2D eigenvalue weighted by Crippen LogP contribution is 2.05. The predicted molar refractivity (Wildman–Crippen MR) is 90.1 cm³/mol. The number of carbonyl (C=O) groups is 4. The molecule has 0 aliphatic rings. The van der Waals surface area contributed by atoms with Crippen molar-refractivity contribution in [2.45, 2.75) is 0 Å². The number of nitrogens with two attached hydrogens (primary N) is 2. The van der Waals surface area contributed by atoms with Gasteiger partial charge in [-0.3, -0.25) is 20.4 Å². The molecule has 0 spiro atoms. The van der Waals surface area contributed by atoms with Gasteiger partial charge in [0.05, 0.1) is 11.1 Å². The fraction of sp³-hybridized carbons (Fsp3) is 0. The molecule has 0 aromatic heterocycles. The molecule has 10 heteroatoms. The van der Waals surface area contributed by atoms with Crippen molar-refractivity contribution >= 4 is 23.8 Å². The first-order chi connectivity index (χ1) is 12.3. The van der Waals surface area contributed by atoms with Crippen molar-refractivity contribution in [2.24, 2.45) is 11.7 Å². The minimum atomic E-state index is -1.06. The Morgan fingerprint density at radius 2 is 1.00 bits per heavy atom. The molecule has 0 radical (unpaired) electrons. The van der Waals surface area contributed by atoms with Crippen LogP contribution in [0.5, 0.6) is 0 Å². The van der Waals surface area contributed by atoms with Crippen molar-refractivity contribution in [1.29, 1.82) is 0 Å². The molecule has 2 rings (SSSR count). The van der Waals surface area contributed by atoms with Gasteiger partial charge in [-0.1, -0.05) is 6.07 Å². The molecule has 26 heavy (non-hydrogen) atoms. The van der Waals surface area contributed by atoms with Gasteiger partial charge >= 0.3 is 11.9 Å². The van der Waals surface area contributed by atoms with Crippen LogP contribution in [0.2, 0.25) is 0 Å². The molecule has 0 unspecified atom stereocenters. The molecule has 0 atom stereocenters. The molecule has 2 amide bonds. The topological polar surface area (TPSA) is 185 Å². The van der Waals surface area contributed by atoms with Crippen LogP contribution in [0.15, 0.2) is 48.5 Å². The average Bonchev–Trinajstić information content (AvgIpc) is 2.67.